The van der Waals surface area contributed by atoms with Crippen LogP contribution in [0.3, 0.4) is 0 Å². The van der Waals surface area contributed by atoms with E-state index in [1.165, 1.54) is 0 Å². The Hall–Kier alpha value is -2.33. The molecule has 23 heavy (non-hydrogen) atoms. The fraction of sp³-hybridized carbons (Fsp3) is 0.222. The highest BCUT2D eigenvalue weighted by atomic mass is 35.5. The van der Waals surface area contributed by atoms with E-state index < -0.39 is 11.8 Å². The highest BCUT2D eigenvalue weighted by Crippen LogP contribution is 2.16. The van der Waals surface area contributed by atoms with Gasteiger partial charge in [0.15, 0.2) is 0 Å². The monoisotopic (exact) mass is 330 g/mol. The Morgan fingerprint density at radius 2 is 1.83 bits per heavy atom. The smallest absolute Gasteiger partial charge is 0.313 e. The van der Waals surface area contributed by atoms with Crippen molar-refractivity contribution in [1.82, 2.24) is 5.32 Å². The van der Waals surface area contributed by atoms with Crippen molar-refractivity contribution in [3.8, 4) is 0 Å². The van der Waals surface area contributed by atoms with Crippen LogP contribution in [0.5, 0.6) is 0 Å². The molecule has 0 atom stereocenters. The summed E-state index contributed by atoms with van der Waals surface area (Å²) in [6, 6.07) is 13.1. The second kappa shape index (κ2) is 7.79. The van der Waals surface area contributed by atoms with Gasteiger partial charge in [0.25, 0.3) is 0 Å². The van der Waals surface area contributed by atoms with E-state index in [0.29, 0.717) is 23.7 Å². The molecule has 2 aromatic rings. The van der Waals surface area contributed by atoms with Gasteiger partial charge in [0.1, 0.15) is 0 Å². The molecular weight excluding hydrogens is 312 g/mol. The minimum Gasteiger partial charge on any atom is -0.347 e. The van der Waals surface area contributed by atoms with Gasteiger partial charge in [-0.25, -0.2) is 0 Å². The number of carbonyl (C=O) groups excluding carboxylic acids is 2. The number of hydrogen-bond donors (Lipinski definition) is 2. The maximum Gasteiger partial charge on any atom is 0.313 e. The number of aryl methyl sites for hydroxylation is 2. The molecule has 0 heterocycles. The van der Waals surface area contributed by atoms with Gasteiger partial charge in [0, 0.05) is 17.3 Å². The molecule has 5 heteroatoms. The molecule has 0 aromatic heterocycles. The molecule has 4 nitrogen and oxygen atoms in total. The van der Waals surface area contributed by atoms with Gasteiger partial charge in [-0.2, -0.15) is 0 Å². The molecule has 2 rings (SSSR count). The van der Waals surface area contributed by atoms with Crippen LogP contribution in [0.1, 0.15) is 16.7 Å². The fourth-order valence-electron chi connectivity index (χ4n) is 2.14. The van der Waals surface area contributed by atoms with Crippen molar-refractivity contribution < 1.29 is 9.59 Å². The van der Waals surface area contributed by atoms with E-state index in [0.717, 1.165) is 16.7 Å². The standard InChI is InChI=1S/C18H19ClN2O2/c1-12-6-7-13(2)16(10-12)21-18(23)17(22)20-9-8-14-4-3-5-15(19)11-14/h3-7,10-11H,8-9H2,1-2H3,(H,20,22)(H,21,23). The van der Waals surface area contributed by atoms with Gasteiger partial charge in [0.05, 0.1) is 0 Å². The van der Waals surface area contributed by atoms with Gasteiger partial charge in [-0.3, -0.25) is 9.59 Å². The number of nitrogens with one attached hydrogen (secondary N) is 2. The van der Waals surface area contributed by atoms with Crippen LogP contribution in [-0.4, -0.2) is 18.4 Å². The van der Waals surface area contributed by atoms with Crippen molar-refractivity contribution in [3.63, 3.8) is 0 Å². The minimum absolute atomic E-state index is 0.374. The Morgan fingerprint density at radius 3 is 2.57 bits per heavy atom. The molecule has 0 aliphatic carbocycles. The lowest BCUT2D eigenvalue weighted by Gasteiger charge is -2.09. The lowest BCUT2D eigenvalue weighted by molar-refractivity contribution is -0.136. The number of hydrogen-bond acceptors (Lipinski definition) is 2. The fourth-order valence-corrected chi connectivity index (χ4v) is 2.36. The van der Waals surface area contributed by atoms with Crippen molar-refractivity contribution in [1.29, 1.82) is 0 Å². The summed E-state index contributed by atoms with van der Waals surface area (Å²) in [5.74, 6) is -1.31. The van der Waals surface area contributed by atoms with E-state index in [-0.39, 0.29) is 0 Å². The number of benzene rings is 2. The summed E-state index contributed by atoms with van der Waals surface area (Å²) in [6.07, 6.45) is 0.614. The molecular formula is C18H19ClN2O2. The summed E-state index contributed by atoms with van der Waals surface area (Å²) < 4.78 is 0. The first kappa shape index (κ1) is 17.0. The van der Waals surface area contributed by atoms with E-state index in [4.69, 9.17) is 11.6 Å². The maximum absolute atomic E-state index is 11.9. The predicted molar refractivity (Wildman–Crippen MR) is 92.7 cm³/mol. The Balaban J connectivity index is 1.85. The molecule has 2 amide bonds. The molecule has 0 aliphatic rings. The van der Waals surface area contributed by atoms with Crippen LogP contribution in [0.15, 0.2) is 42.5 Å². The van der Waals surface area contributed by atoms with Crippen molar-refractivity contribution in [3.05, 3.63) is 64.2 Å². The summed E-state index contributed by atoms with van der Waals surface area (Å²) in [6.45, 7) is 4.19. The summed E-state index contributed by atoms with van der Waals surface area (Å²) in [4.78, 5) is 23.8. The predicted octanol–water partition coefficient (Wildman–Crippen LogP) is 3.25. The van der Waals surface area contributed by atoms with E-state index in [9.17, 15) is 9.59 Å². The average Bonchev–Trinajstić information content (AvgIpc) is 2.51. The molecule has 0 saturated heterocycles. The lowest BCUT2D eigenvalue weighted by Crippen LogP contribution is -2.36. The third kappa shape index (κ3) is 5.11. The van der Waals surface area contributed by atoms with E-state index in [1.54, 1.807) is 6.07 Å². The van der Waals surface area contributed by atoms with Crippen molar-refractivity contribution >= 4 is 29.1 Å². The first-order valence-corrected chi connectivity index (χ1v) is 7.74. The van der Waals surface area contributed by atoms with Crippen LogP contribution in [-0.2, 0) is 16.0 Å². The van der Waals surface area contributed by atoms with Crippen LogP contribution >= 0.6 is 11.6 Å². The lowest BCUT2D eigenvalue weighted by atomic mass is 10.1. The second-order valence-corrected chi connectivity index (χ2v) is 5.84. The van der Waals surface area contributed by atoms with E-state index in [1.807, 2.05) is 50.2 Å². The highest BCUT2D eigenvalue weighted by molar-refractivity contribution is 6.39. The molecule has 0 aliphatic heterocycles. The average molecular weight is 331 g/mol. The van der Waals surface area contributed by atoms with E-state index in [2.05, 4.69) is 10.6 Å². The van der Waals surface area contributed by atoms with Crippen molar-refractivity contribution in [2.45, 2.75) is 20.3 Å². The summed E-state index contributed by atoms with van der Waals surface area (Å²) in [7, 11) is 0. The van der Waals surface area contributed by atoms with Crippen molar-refractivity contribution in [2.24, 2.45) is 0 Å². The number of carbonyl (C=O) groups is 2. The van der Waals surface area contributed by atoms with Gasteiger partial charge < -0.3 is 10.6 Å². The molecule has 0 spiro atoms. The quantitative estimate of drug-likeness (QED) is 0.845. The summed E-state index contributed by atoms with van der Waals surface area (Å²) >= 11 is 5.90. The largest absolute Gasteiger partial charge is 0.347 e. The SMILES string of the molecule is Cc1ccc(C)c(NC(=O)C(=O)NCCc2cccc(Cl)c2)c1. The minimum atomic E-state index is -0.662. The van der Waals surface area contributed by atoms with Gasteiger partial charge in [-0.1, -0.05) is 35.9 Å². The normalized spacial score (nSPS) is 10.2. The third-order valence-corrected chi connectivity index (χ3v) is 3.67. The number of halogens is 1. The Labute approximate surface area is 140 Å². The van der Waals surface area contributed by atoms with Gasteiger partial charge in [0.2, 0.25) is 0 Å². The number of amides is 2. The third-order valence-electron chi connectivity index (χ3n) is 3.44. The molecule has 2 aromatic carbocycles. The molecule has 0 bridgehead atoms. The summed E-state index contributed by atoms with van der Waals surface area (Å²) in [5.41, 5.74) is 3.59. The summed E-state index contributed by atoms with van der Waals surface area (Å²) in [5, 5.41) is 5.90. The van der Waals surface area contributed by atoms with Crippen LogP contribution in [0, 0.1) is 13.8 Å². The molecule has 2 N–H and O–H groups in total. The molecule has 0 saturated carbocycles. The zero-order valence-electron chi connectivity index (χ0n) is 13.2. The maximum atomic E-state index is 11.9. The van der Waals surface area contributed by atoms with Crippen LogP contribution in [0.25, 0.3) is 0 Å². The van der Waals surface area contributed by atoms with E-state index >= 15 is 0 Å². The Bertz CT molecular complexity index is 729. The van der Waals surface area contributed by atoms with Gasteiger partial charge >= 0.3 is 11.8 Å². The zero-order valence-corrected chi connectivity index (χ0v) is 13.9. The highest BCUT2D eigenvalue weighted by Gasteiger charge is 2.14. The van der Waals surface area contributed by atoms with Crippen LogP contribution in [0.2, 0.25) is 5.02 Å². The Morgan fingerprint density at radius 1 is 1.04 bits per heavy atom. The number of rotatable bonds is 4. The molecule has 120 valence electrons. The number of anilines is 1. The first-order chi connectivity index (χ1) is 11.0. The second-order valence-electron chi connectivity index (χ2n) is 5.41. The molecule has 0 fully saturated rings. The van der Waals surface area contributed by atoms with Crippen LogP contribution in [0.4, 0.5) is 5.69 Å². The van der Waals surface area contributed by atoms with Gasteiger partial charge in [-0.15, -0.1) is 0 Å². The first-order valence-electron chi connectivity index (χ1n) is 7.36. The topological polar surface area (TPSA) is 58.2 Å². The molecule has 0 radical (unpaired) electrons. The van der Waals surface area contributed by atoms with Gasteiger partial charge in [-0.05, 0) is 55.2 Å². The van der Waals surface area contributed by atoms with Crippen LogP contribution < -0.4 is 10.6 Å². The van der Waals surface area contributed by atoms with Crippen molar-refractivity contribution in [2.75, 3.05) is 11.9 Å². The molecule has 0 unspecified atom stereocenters. The zero-order chi connectivity index (χ0) is 16.8. The Kier molecular flexibility index (Phi) is 5.77.